The minimum Gasteiger partial charge on any atom is -0.494 e. The van der Waals surface area contributed by atoms with Gasteiger partial charge in [-0.05, 0) is 50.6 Å². The highest BCUT2D eigenvalue weighted by Crippen LogP contribution is 2.42. The van der Waals surface area contributed by atoms with Crippen molar-refractivity contribution in [2.24, 2.45) is 5.73 Å². The normalized spacial score (nSPS) is 13.6. The Bertz CT molecular complexity index is 1370. The maximum Gasteiger partial charge on any atom is 0.219 e. The molecule has 4 N–H and O–H groups in total. The molecule has 38 heavy (non-hydrogen) atoms. The third-order valence-electron chi connectivity index (χ3n) is 6.87. The summed E-state index contributed by atoms with van der Waals surface area (Å²) < 4.78 is 7.24. The molecule has 0 atom stereocenters. The van der Waals surface area contributed by atoms with Crippen molar-refractivity contribution in [2.75, 3.05) is 19.4 Å². The Hall–Kier alpha value is -3.13. The van der Waals surface area contributed by atoms with E-state index in [1.807, 2.05) is 25.1 Å². The SMILES string of the molecule is C=C(c1sc2ccccc2c1Cl)N(Cc1cc(-c2cnc(N)nc2)ccc1OCC)C1CCCCC1.CN. The van der Waals surface area contributed by atoms with Crippen molar-refractivity contribution in [1.29, 1.82) is 0 Å². The van der Waals surface area contributed by atoms with Crippen LogP contribution >= 0.6 is 22.9 Å². The number of hydrogen-bond donors (Lipinski definition) is 2. The maximum absolute atomic E-state index is 6.91. The van der Waals surface area contributed by atoms with Gasteiger partial charge in [-0.3, -0.25) is 0 Å². The number of nitrogens with two attached hydrogens (primary N) is 2. The molecule has 4 aromatic rings. The third kappa shape index (κ3) is 6.12. The fourth-order valence-electron chi connectivity index (χ4n) is 5.02. The largest absolute Gasteiger partial charge is 0.494 e. The Morgan fingerprint density at radius 1 is 1.08 bits per heavy atom. The van der Waals surface area contributed by atoms with Crippen molar-refractivity contribution >= 4 is 44.7 Å². The van der Waals surface area contributed by atoms with E-state index in [2.05, 4.69) is 51.4 Å². The van der Waals surface area contributed by atoms with Gasteiger partial charge >= 0.3 is 0 Å². The second kappa shape index (κ2) is 13.1. The van der Waals surface area contributed by atoms with Crippen LogP contribution in [0.25, 0.3) is 26.9 Å². The van der Waals surface area contributed by atoms with Gasteiger partial charge in [0.1, 0.15) is 5.75 Å². The molecule has 1 fully saturated rings. The fourth-order valence-corrected chi connectivity index (χ4v) is 6.54. The number of benzene rings is 2. The molecule has 0 amide bonds. The van der Waals surface area contributed by atoms with Gasteiger partial charge in [-0.1, -0.05) is 61.7 Å². The number of aromatic nitrogens is 2. The predicted molar refractivity (Wildman–Crippen MR) is 161 cm³/mol. The molecular weight excluding hydrogens is 514 g/mol. The first-order valence-corrected chi connectivity index (χ1v) is 14.3. The van der Waals surface area contributed by atoms with Crippen LogP contribution < -0.4 is 16.2 Å². The van der Waals surface area contributed by atoms with E-state index < -0.39 is 0 Å². The van der Waals surface area contributed by atoms with Crippen molar-refractivity contribution in [3.05, 3.63) is 76.9 Å². The van der Waals surface area contributed by atoms with Gasteiger partial charge in [0.2, 0.25) is 5.95 Å². The minimum absolute atomic E-state index is 0.268. The van der Waals surface area contributed by atoms with E-state index in [1.54, 1.807) is 23.7 Å². The van der Waals surface area contributed by atoms with E-state index >= 15 is 0 Å². The molecule has 2 aromatic carbocycles. The van der Waals surface area contributed by atoms with Crippen LogP contribution in [0, 0.1) is 0 Å². The number of ether oxygens (including phenoxy) is 1. The van der Waals surface area contributed by atoms with Crippen LogP contribution in [-0.2, 0) is 6.54 Å². The third-order valence-corrected chi connectivity index (χ3v) is 8.59. The van der Waals surface area contributed by atoms with Crippen LogP contribution in [0.3, 0.4) is 0 Å². The van der Waals surface area contributed by atoms with E-state index in [-0.39, 0.29) is 5.95 Å². The molecule has 200 valence electrons. The number of thiophene rings is 1. The second-order valence-corrected chi connectivity index (χ2v) is 10.6. The molecule has 2 aromatic heterocycles. The molecule has 8 heteroatoms. The molecule has 0 bridgehead atoms. The van der Waals surface area contributed by atoms with Gasteiger partial charge in [0.25, 0.3) is 0 Å². The highest BCUT2D eigenvalue weighted by atomic mass is 35.5. The smallest absolute Gasteiger partial charge is 0.219 e. The highest BCUT2D eigenvalue weighted by Gasteiger charge is 2.27. The molecule has 0 spiro atoms. The molecule has 0 saturated heterocycles. The average molecular weight is 550 g/mol. The zero-order valence-corrected chi connectivity index (χ0v) is 23.7. The number of nitrogen functional groups attached to an aromatic ring is 1. The Balaban J connectivity index is 0.00000164. The maximum atomic E-state index is 6.91. The summed E-state index contributed by atoms with van der Waals surface area (Å²) in [6.45, 7) is 7.90. The first-order valence-electron chi connectivity index (χ1n) is 13.1. The molecule has 1 aliphatic rings. The average Bonchev–Trinajstić information content (AvgIpc) is 3.30. The van der Waals surface area contributed by atoms with Crippen LogP contribution in [-0.4, -0.2) is 34.6 Å². The first kappa shape index (κ1) is 27.9. The fraction of sp³-hybridized carbons (Fsp3) is 0.333. The van der Waals surface area contributed by atoms with Crippen molar-refractivity contribution in [3.8, 4) is 16.9 Å². The lowest BCUT2D eigenvalue weighted by Gasteiger charge is -2.37. The molecule has 1 saturated carbocycles. The highest BCUT2D eigenvalue weighted by molar-refractivity contribution is 7.20. The van der Waals surface area contributed by atoms with Gasteiger partial charge in [0, 0.05) is 51.9 Å². The summed E-state index contributed by atoms with van der Waals surface area (Å²) in [4.78, 5) is 11.8. The van der Waals surface area contributed by atoms with E-state index in [0.29, 0.717) is 19.2 Å². The monoisotopic (exact) mass is 549 g/mol. The van der Waals surface area contributed by atoms with Crippen LogP contribution in [0.1, 0.15) is 49.5 Å². The number of halogens is 1. The Kier molecular flexibility index (Phi) is 9.61. The first-order chi connectivity index (χ1) is 18.5. The van der Waals surface area contributed by atoms with Crippen LogP contribution in [0.2, 0.25) is 5.02 Å². The Morgan fingerprint density at radius 2 is 1.79 bits per heavy atom. The summed E-state index contributed by atoms with van der Waals surface area (Å²) in [5.41, 5.74) is 14.2. The number of fused-ring (bicyclic) bond motifs is 1. The quantitative estimate of drug-likeness (QED) is 0.238. The molecular formula is C30H36ClN5OS. The topological polar surface area (TPSA) is 90.3 Å². The summed E-state index contributed by atoms with van der Waals surface area (Å²) in [5, 5.41) is 1.88. The lowest BCUT2D eigenvalue weighted by Crippen LogP contribution is -2.34. The van der Waals surface area contributed by atoms with Gasteiger partial charge in [-0.15, -0.1) is 11.3 Å². The molecule has 6 nitrogen and oxygen atoms in total. The van der Waals surface area contributed by atoms with Crippen molar-refractivity contribution in [1.82, 2.24) is 14.9 Å². The van der Waals surface area contributed by atoms with Crippen LogP contribution in [0.4, 0.5) is 5.95 Å². The number of rotatable bonds is 8. The molecule has 5 rings (SSSR count). The summed E-state index contributed by atoms with van der Waals surface area (Å²) in [5.74, 6) is 1.15. The number of anilines is 1. The Morgan fingerprint density at radius 3 is 2.47 bits per heavy atom. The molecule has 2 heterocycles. The van der Waals surface area contributed by atoms with Crippen LogP contribution in [0.5, 0.6) is 5.75 Å². The van der Waals surface area contributed by atoms with Gasteiger partial charge in [-0.25, -0.2) is 9.97 Å². The molecule has 0 aliphatic heterocycles. The Labute approximate surface area is 234 Å². The number of nitrogens with zero attached hydrogens (tertiary/aromatic N) is 3. The van der Waals surface area contributed by atoms with E-state index in [0.717, 1.165) is 56.3 Å². The van der Waals surface area contributed by atoms with Gasteiger partial charge in [0.05, 0.1) is 16.5 Å². The zero-order chi connectivity index (χ0) is 27.1. The van der Waals surface area contributed by atoms with Gasteiger partial charge in [-0.2, -0.15) is 0 Å². The molecule has 0 unspecified atom stereocenters. The molecule has 0 radical (unpaired) electrons. The van der Waals surface area contributed by atoms with Crippen LogP contribution in [0.15, 0.2) is 61.4 Å². The van der Waals surface area contributed by atoms with Crippen molar-refractivity contribution in [2.45, 2.75) is 51.6 Å². The lowest BCUT2D eigenvalue weighted by molar-refractivity contribution is 0.222. The van der Waals surface area contributed by atoms with Gasteiger partial charge < -0.3 is 21.1 Å². The van der Waals surface area contributed by atoms with E-state index in [9.17, 15) is 0 Å². The number of hydrogen-bond acceptors (Lipinski definition) is 7. The second-order valence-electron chi connectivity index (χ2n) is 9.19. The summed E-state index contributed by atoms with van der Waals surface area (Å²) in [6, 6.07) is 15.0. The van der Waals surface area contributed by atoms with E-state index in [1.165, 1.54) is 31.0 Å². The minimum atomic E-state index is 0.268. The van der Waals surface area contributed by atoms with Crippen molar-refractivity contribution < 1.29 is 4.74 Å². The summed E-state index contributed by atoms with van der Waals surface area (Å²) in [6.07, 6.45) is 9.57. The molecule has 1 aliphatic carbocycles. The lowest BCUT2D eigenvalue weighted by atomic mass is 9.93. The zero-order valence-electron chi connectivity index (χ0n) is 22.1. The van der Waals surface area contributed by atoms with Gasteiger partial charge in [0.15, 0.2) is 0 Å². The predicted octanol–water partition coefficient (Wildman–Crippen LogP) is 7.37. The van der Waals surface area contributed by atoms with Crippen molar-refractivity contribution in [3.63, 3.8) is 0 Å². The summed E-state index contributed by atoms with van der Waals surface area (Å²) >= 11 is 8.63. The summed E-state index contributed by atoms with van der Waals surface area (Å²) in [7, 11) is 1.50. The van der Waals surface area contributed by atoms with E-state index in [4.69, 9.17) is 22.1 Å². The standard InChI is InChI=1S/C29H31ClN4OS.CH5N/c1-3-35-25-14-13-20(22-16-32-29(31)33-17-22)15-21(25)18-34(23-9-5-4-6-10-23)19(2)28-27(30)24-11-7-8-12-26(24)36-28;1-2/h7-8,11-17,23H,2-6,9-10,18H2,1H3,(H2,31,32,33);2H2,1H3.